The van der Waals surface area contributed by atoms with Crippen LogP contribution >= 0.6 is 0 Å². The van der Waals surface area contributed by atoms with Crippen molar-refractivity contribution in [2.75, 3.05) is 19.7 Å². The summed E-state index contributed by atoms with van der Waals surface area (Å²) in [6.45, 7) is 9.37. The van der Waals surface area contributed by atoms with Crippen LogP contribution in [0.15, 0.2) is 61.2 Å². The van der Waals surface area contributed by atoms with Gasteiger partial charge in [-0.1, -0.05) is 30.3 Å². The summed E-state index contributed by atoms with van der Waals surface area (Å²) in [7, 11) is 0. The van der Waals surface area contributed by atoms with Gasteiger partial charge in [-0.15, -0.1) is 10.2 Å². The van der Waals surface area contributed by atoms with Gasteiger partial charge in [-0.3, -0.25) is 0 Å². The number of alkyl halides is 6. The van der Waals surface area contributed by atoms with E-state index in [1.807, 2.05) is 30.3 Å². The fraction of sp³-hybridized carbons (Fsp3) is 0.423. The van der Waals surface area contributed by atoms with Crippen molar-refractivity contribution < 1.29 is 31.1 Å². The van der Waals surface area contributed by atoms with Crippen molar-refractivity contribution >= 4 is 0 Å². The zero-order chi connectivity index (χ0) is 27.6. The van der Waals surface area contributed by atoms with Gasteiger partial charge in [-0.2, -0.15) is 26.3 Å². The quantitative estimate of drug-likeness (QED) is 0.297. The highest BCUT2D eigenvalue weighted by Crippen LogP contribution is 2.41. The zero-order valence-corrected chi connectivity index (χ0v) is 20.4. The standard InChI is InChI=1S/C26H25F6N5O/c1-18(19-10-21(25(27,28)29)12-22(11-19)26(30,31)32)38-15-24(20-6-4-3-5-7-20)9-8-23(13-33-2,14-34-24)37-16-35-36-17-37/h3-7,10-12,16-18,34H,8-9,13-15H2,1H3/t18-,23-,24-/m1/s1. The molecule has 0 unspecified atom stereocenters. The van der Waals surface area contributed by atoms with Gasteiger partial charge in [-0.25, -0.2) is 6.57 Å². The Morgan fingerprint density at radius 3 is 2.11 bits per heavy atom. The molecule has 1 aromatic heterocycles. The number of piperidine rings is 1. The highest BCUT2D eigenvalue weighted by atomic mass is 19.4. The van der Waals surface area contributed by atoms with Crippen LogP contribution in [0.3, 0.4) is 0 Å². The summed E-state index contributed by atoms with van der Waals surface area (Å²) in [5, 5.41) is 11.2. The highest BCUT2D eigenvalue weighted by molar-refractivity contribution is 5.35. The Kier molecular flexibility index (Phi) is 7.54. The minimum Gasteiger partial charge on any atom is -0.372 e. The summed E-state index contributed by atoms with van der Waals surface area (Å²) in [5.41, 5.74) is -3.54. The molecule has 1 N–H and O–H groups in total. The topological polar surface area (TPSA) is 56.3 Å². The van der Waals surface area contributed by atoms with Crippen LogP contribution in [0.4, 0.5) is 26.3 Å². The first-order chi connectivity index (χ1) is 17.9. The Balaban J connectivity index is 1.61. The van der Waals surface area contributed by atoms with Crippen LogP contribution in [0.1, 0.15) is 48.1 Å². The van der Waals surface area contributed by atoms with Gasteiger partial charge in [0.25, 0.3) is 0 Å². The molecule has 2 heterocycles. The molecule has 0 spiro atoms. The van der Waals surface area contributed by atoms with E-state index >= 15 is 0 Å². The maximum Gasteiger partial charge on any atom is 0.416 e. The second-order valence-corrected chi connectivity index (χ2v) is 9.50. The van der Waals surface area contributed by atoms with E-state index in [0.29, 0.717) is 31.5 Å². The molecule has 0 bridgehead atoms. The summed E-state index contributed by atoms with van der Waals surface area (Å²) in [5.74, 6) is 0. The van der Waals surface area contributed by atoms with Crippen molar-refractivity contribution in [1.29, 1.82) is 0 Å². The molecule has 202 valence electrons. The lowest BCUT2D eigenvalue weighted by Gasteiger charge is -2.46. The molecule has 1 aliphatic rings. The van der Waals surface area contributed by atoms with Gasteiger partial charge in [0.05, 0.1) is 29.4 Å². The molecule has 12 heteroatoms. The summed E-state index contributed by atoms with van der Waals surface area (Å²) < 4.78 is 87.9. The van der Waals surface area contributed by atoms with Gasteiger partial charge in [0.1, 0.15) is 18.2 Å². The van der Waals surface area contributed by atoms with Gasteiger partial charge in [0.15, 0.2) is 0 Å². The molecule has 1 aliphatic heterocycles. The molecule has 4 rings (SSSR count). The fourth-order valence-corrected chi connectivity index (χ4v) is 4.77. The Hall–Kier alpha value is -3.43. The number of nitrogens with zero attached hydrogens (tertiary/aromatic N) is 4. The van der Waals surface area contributed by atoms with Gasteiger partial charge in [-0.05, 0) is 49.1 Å². The predicted octanol–water partition coefficient (Wildman–Crippen LogP) is 5.99. The molecule has 1 fully saturated rings. The first kappa shape index (κ1) is 27.6. The van der Waals surface area contributed by atoms with Gasteiger partial charge >= 0.3 is 12.4 Å². The molecule has 0 amide bonds. The lowest BCUT2D eigenvalue weighted by molar-refractivity contribution is -0.143. The third kappa shape index (κ3) is 5.68. The number of aromatic nitrogens is 3. The predicted molar refractivity (Wildman–Crippen MR) is 126 cm³/mol. The van der Waals surface area contributed by atoms with Crippen molar-refractivity contribution in [3.05, 3.63) is 94.9 Å². The Bertz CT molecular complexity index is 1230. The van der Waals surface area contributed by atoms with Crippen LogP contribution < -0.4 is 5.32 Å². The minimum absolute atomic E-state index is 0.0218. The number of ether oxygens (including phenoxy) is 1. The second-order valence-electron chi connectivity index (χ2n) is 9.50. The van der Waals surface area contributed by atoms with E-state index in [1.54, 1.807) is 17.2 Å². The third-order valence-electron chi connectivity index (χ3n) is 7.10. The number of halogens is 6. The van der Waals surface area contributed by atoms with E-state index in [-0.39, 0.29) is 24.8 Å². The summed E-state index contributed by atoms with van der Waals surface area (Å²) in [6, 6.07) is 10.8. The second kappa shape index (κ2) is 10.4. The fourth-order valence-electron chi connectivity index (χ4n) is 4.77. The van der Waals surface area contributed by atoms with Gasteiger partial charge in [0, 0.05) is 6.54 Å². The number of nitrogens with one attached hydrogen (secondary N) is 1. The minimum atomic E-state index is -4.94. The summed E-state index contributed by atoms with van der Waals surface area (Å²) in [4.78, 5) is 3.60. The molecule has 6 nitrogen and oxygen atoms in total. The molecular weight excluding hydrogens is 512 g/mol. The summed E-state index contributed by atoms with van der Waals surface area (Å²) in [6.07, 6.45) is -6.84. The van der Waals surface area contributed by atoms with Crippen LogP contribution in [-0.2, 0) is 28.2 Å². The number of benzene rings is 2. The number of hydrogen-bond acceptors (Lipinski definition) is 4. The Morgan fingerprint density at radius 1 is 1.00 bits per heavy atom. The number of hydrogen-bond donors (Lipinski definition) is 1. The van der Waals surface area contributed by atoms with E-state index in [1.165, 1.54) is 6.92 Å². The molecule has 2 aromatic carbocycles. The van der Waals surface area contributed by atoms with E-state index in [0.717, 1.165) is 5.56 Å². The first-order valence-corrected chi connectivity index (χ1v) is 11.8. The van der Waals surface area contributed by atoms with Crippen molar-refractivity contribution in [2.45, 2.75) is 49.3 Å². The van der Waals surface area contributed by atoms with E-state index < -0.39 is 40.7 Å². The Morgan fingerprint density at radius 2 is 1.61 bits per heavy atom. The molecule has 38 heavy (non-hydrogen) atoms. The van der Waals surface area contributed by atoms with Crippen LogP contribution in [0.25, 0.3) is 4.85 Å². The van der Waals surface area contributed by atoms with E-state index in [2.05, 4.69) is 20.4 Å². The number of rotatable bonds is 7. The maximum atomic E-state index is 13.4. The highest BCUT2D eigenvalue weighted by Gasteiger charge is 2.47. The van der Waals surface area contributed by atoms with Crippen LogP contribution in [0, 0.1) is 6.57 Å². The molecule has 1 saturated heterocycles. The van der Waals surface area contributed by atoms with Gasteiger partial charge in [0.2, 0.25) is 6.54 Å². The van der Waals surface area contributed by atoms with Crippen molar-refractivity contribution in [1.82, 2.24) is 20.1 Å². The first-order valence-electron chi connectivity index (χ1n) is 11.8. The molecule has 3 atom stereocenters. The smallest absolute Gasteiger partial charge is 0.372 e. The Labute approximate surface area is 215 Å². The average Bonchev–Trinajstić information content (AvgIpc) is 3.44. The van der Waals surface area contributed by atoms with Crippen molar-refractivity contribution in [2.24, 2.45) is 0 Å². The normalized spacial score (nSPS) is 23.1. The molecule has 3 aromatic rings. The third-order valence-corrected chi connectivity index (χ3v) is 7.10. The van der Waals surface area contributed by atoms with E-state index in [4.69, 9.17) is 11.3 Å². The average molecular weight is 538 g/mol. The van der Waals surface area contributed by atoms with Crippen LogP contribution in [-0.4, -0.2) is 34.5 Å². The van der Waals surface area contributed by atoms with Crippen molar-refractivity contribution in [3.63, 3.8) is 0 Å². The molecule has 0 aliphatic carbocycles. The largest absolute Gasteiger partial charge is 0.416 e. The SMILES string of the molecule is [C-]#[N+]C[C@]1(n2cnnc2)CC[C@@](CO[C@H](C)c2cc(C(F)(F)F)cc(C(F)(F)F)c2)(c2ccccc2)NC1. The molecule has 0 radical (unpaired) electrons. The lowest BCUT2D eigenvalue weighted by Crippen LogP contribution is -2.59. The van der Waals surface area contributed by atoms with E-state index in [9.17, 15) is 26.3 Å². The van der Waals surface area contributed by atoms with Crippen LogP contribution in [0.2, 0.25) is 0 Å². The maximum absolute atomic E-state index is 13.4. The van der Waals surface area contributed by atoms with Crippen LogP contribution in [0.5, 0.6) is 0 Å². The zero-order valence-electron chi connectivity index (χ0n) is 20.4. The van der Waals surface area contributed by atoms with Gasteiger partial charge < -0.3 is 19.5 Å². The molecule has 0 saturated carbocycles. The molecular formula is C26H25F6N5O. The lowest BCUT2D eigenvalue weighted by atomic mass is 9.76. The van der Waals surface area contributed by atoms with Crippen molar-refractivity contribution in [3.8, 4) is 0 Å². The monoisotopic (exact) mass is 537 g/mol. The summed E-state index contributed by atoms with van der Waals surface area (Å²) >= 11 is 0.